The number of rotatable bonds is 3. The third kappa shape index (κ3) is 3.20. The lowest BCUT2D eigenvalue weighted by Gasteiger charge is -2.40. The Morgan fingerprint density at radius 3 is 2.67 bits per heavy atom. The summed E-state index contributed by atoms with van der Waals surface area (Å²) in [4.78, 5) is 21.2. The molecule has 5 nitrogen and oxygen atoms in total. The second-order valence-corrected chi connectivity index (χ2v) is 7.71. The average molecular weight is 329 g/mol. The molecule has 5 heteroatoms. The van der Waals surface area contributed by atoms with Gasteiger partial charge in [-0.05, 0) is 62.2 Å². The molecule has 1 aromatic rings. The number of aliphatic hydroxyl groups is 1. The molecule has 1 N–H and O–H groups in total. The van der Waals surface area contributed by atoms with Gasteiger partial charge in [0.05, 0.1) is 12.5 Å². The van der Waals surface area contributed by atoms with Gasteiger partial charge in [-0.1, -0.05) is 6.07 Å². The second-order valence-electron chi connectivity index (χ2n) is 7.71. The Hall–Kier alpha value is -1.46. The molecular weight excluding hydrogens is 302 g/mol. The van der Waals surface area contributed by atoms with E-state index in [1.165, 1.54) is 12.8 Å². The summed E-state index contributed by atoms with van der Waals surface area (Å²) in [5, 5.41) is 10.6. The van der Waals surface area contributed by atoms with E-state index in [0.717, 1.165) is 44.6 Å². The van der Waals surface area contributed by atoms with E-state index in [-0.39, 0.29) is 12.0 Å². The first kappa shape index (κ1) is 16.0. The third-order valence-corrected chi connectivity index (χ3v) is 6.15. The fourth-order valence-electron chi connectivity index (χ4n) is 4.87. The summed E-state index contributed by atoms with van der Waals surface area (Å²) < 4.78 is 0. The summed E-state index contributed by atoms with van der Waals surface area (Å²) in [6.07, 6.45) is 8.13. The number of aromatic nitrogens is 1. The molecule has 1 aromatic heterocycles. The first-order valence-electron chi connectivity index (χ1n) is 9.29. The predicted octanol–water partition coefficient (Wildman–Crippen LogP) is 1.32. The molecule has 130 valence electrons. The number of carbonyl (C=O) groups excluding carboxylic acids is 1. The molecule has 3 heterocycles. The molecule has 0 spiro atoms. The van der Waals surface area contributed by atoms with Gasteiger partial charge in [-0.2, -0.15) is 0 Å². The van der Waals surface area contributed by atoms with Gasteiger partial charge in [0, 0.05) is 31.5 Å². The highest BCUT2D eigenvalue weighted by molar-refractivity contribution is 5.79. The van der Waals surface area contributed by atoms with Crippen LogP contribution in [0.25, 0.3) is 0 Å². The van der Waals surface area contributed by atoms with Crippen molar-refractivity contribution in [2.24, 2.45) is 11.8 Å². The number of nitrogens with zero attached hydrogens (tertiary/aromatic N) is 3. The molecule has 1 amide bonds. The van der Waals surface area contributed by atoms with Crippen LogP contribution >= 0.6 is 0 Å². The van der Waals surface area contributed by atoms with Crippen molar-refractivity contribution >= 4 is 5.91 Å². The van der Waals surface area contributed by atoms with Crippen LogP contribution in [-0.4, -0.2) is 64.1 Å². The first-order chi connectivity index (χ1) is 11.7. The second kappa shape index (κ2) is 6.81. The van der Waals surface area contributed by atoms with Crippen molar-refractivity contribution in [3.05, 3.63) is 30.1 Å². The van der Waals surface area contributed by atoms with Gasteiger partial charge in [-0.15, -0.1) is 0 Å². The maximum atomic E-state index is 12.6. The number of hydrogen-bond acceptors (Lipinski definition) is 4. The maximum Gasteiger partial charge on any atom is 0.227 e. The van der Waals surface area contributed by atoms with Gasteiger partial charge >= 0.3 is 0 Å². The van der Waals surface area contributed by atoms with Gasteiger partial charge in [0.15, 0.2) is 0 Å². The molecule has 0 radical (unpaired) electrons. The zero-order chi connectivity index (χ0) is 16.5. The fourth-order valence-corrected chi connectivity index (χ4v) is 4.87. The lowest BCUT2D eigenvalue weighted by molar-refractivity contribution is -0.129. The monoisotopic (exact) mass is 329 g/mol. The van der Waals surface area contributed by atoms with Gasteiger partial charge in [0.2, 0.25) is 5.91 Å². The van der Waals surface area contributed by atoms with E-state index < -0.39 is 0 Å². The van der Waals surface area contributed by atoms with Crippen molar-refractivity contribution in [3.8, 4) is 0 Å². The van der Waals surface area contributed by atoms with Crippen molar-refractivity contribution in [1.82, 2.24) is 14.8 Å². The summed E-state index contributed by atoms with van der Waals surface area (Å²) in [6.45, 7) is 3.93. The Morgan fingerprint density at radius 1 is 1.21 bits per heavy atom. The first-order valence-corrected chi connectivity index (χ1v) is 9.29. The van der Waals surface area contributed by atoms with Crippen molar-refractivity contribution < 1.29 is 9.90 Å². The maximum absolute atomic E-state index is 12.6. The fraction of sp³-hybridized carbons (Fsp3) is 0.684. The van der Waals surface area contributed by atoms with E-state index in [1.807, 2.05) is 17.0 Å². The minimum Gasteiger partial charge on any atom is -0.391 e. The SMILES string of the molecule is O=C(Cc1cccnc1)N1C[C@H]2C[C@@H](N3CCCC3)[C@H](O)C[C@H]2C1. The van der Waals surface area contributed by atoms with Crippen molar-refractivity contribution in [2.75, 3.05) is 26.2 Å². The average Bonchev–Trinajstić information content (AvgIpc) is 3.24. The molecule has 2 aliphatic heterocycles. The highest BCUT2D eigenvalue weighted by Gasteiger charge is 2.44. The zero-order valence-corrected chi connectivity index (χ0v) is 14.2. The van der Waals surface area contributed by atoms with E-state index in [9.17, 15) is 9.90 Å². The largest absolute Gasteiger partial charge is 0.391 e. The van der Waals surface area contributed by atoms with Crippen LogP contribution in [0.3, 0.4) is 0 Å². The summed E-state index contributed by atoms with van der Waals surface area (Å²) in [5.74, 6) is 1.22. The zero-order valence-electron chi connectivity index (χ0n) is 14.2. The van der Waals surface area contributed by atoms with E-state index >= 15 is 0 Å². The number of pyridine rings is 1. The number of likely N-dealkylation sites (tertiary alicyclic amines) is 2. The Morgan fingerprint density at radius 2 is 1.96 bits per heavy atom. The lowest BCUT2D eigenvalue weighted by Crippen LogP contribution is -2.48. The summed E-state index contributed by atoms with van der Waals surface area (Å²) in [5.41, 5.74) is 0.979. The molecule has 3 aliphatic rings. The molecule has 1 aliphatic carbocycles. The molecule has 24 heavy (non-hydrogen) atoms. The molecule has 2 saturated heterocycles. The Labute approximate surface area is 143 Å². The van der Waals surface area contributed by atoms with Crippen LogP contribution in [0.4, 0.5) is 0 Å². The molecule has 1 saturated carbocycles. The number of hydrogen-bond donors (Lipinski definition) is 1. The normalized spacial score (nSPS) is 33.6. The quantitative estimate of drug-likeness (QED) is 0.909. The Kier molecular flexibility index (Phi) is 4.55. The molecule has 0 bridgehead atoms. The van der Waals surface area contributed by atoms with Crippen molar-refractivity contribution in [2.45, 2.75) is 44.2 Å². The highest BCUT2D eigenvalue weighted by atomic mass is 16.3. The van der Waals surface area contributed by atoms with Crippen LogP contribution in [0.15, 0.2) is 24.5 Å². The van der Waals surface area contributed by atoms with E-state index in [0.29, 0.717) is 24.3 Å². The van der Waals surface area contributed by atoms with Crippen LogP contribution < -0.4 is 0 Å². The summed E-state index contributed by atoms with van der Waals surface area (Å²) in [6, 6.07) is 4.15. The van der Waals surface area contributed by atoms with Crippen LogP contribution in [0.2, 0.25) is 0 Å². The van der Waals surface area contributed by atoms with Gasteiger partial charge in [0.1, 0.15) is 0 Å². The van der Waals surface area contributed by atoms with Crippen molar-refractivity contribution in [1.29, 1.82) is 0 Å². The molecule has 0 aromatic carbocycles. The molecule has 0 unspecified atom stereocenters. The van der Waals surface area contributed by atoms with Crippen molar-refractivity contribution in [3.63, 3.8) is 0 Å². The Bertz CT molecular complexity index is 573. The summed E-state index contributed by atoms with van der Waals surface area (Å²) >= 11 is 0. The topological polar surface area (TPSA) is 56.7 Å². The third-order valence-electron chi connectivity index (χ3n) is 6.15. The minimum absolute atomic E-state index is 0.199. The smallest absolute Gasteiger partial charge is 0.227 e. The summed E-state index contributed by atoms with van der Waals surface area (Å²) in [7, 11) is 0. The van der Waals surface area contributed by atoms with Gasteiger partial charge in [-0.25, -0.2) is 0 Å². The number of carbonyl (C=O) groups is 1. The molecular formula is C19H27N3O2. The van der Waals surface area contributed by atoms with Crippen LogP contribution in [-0.2, 0) is 11.2 Å². The van der Waals surface area contributed by atoms with E-state index in [2.05, 4.69) is 9.88 Å². The minimum atomic E-state index is -0.224. The molecule has 4 rings (SSSR count). The number of fused-ring (bicyclic) bond motifs is 1. The van der Waals surface area contributed by atoms with Crippen LogP contribution in [0, 0.1) is 11.8 Å². The van der Waals surface area contributed by atoms with Gasteiger partial charge in [-0.3, -0.25) is 14.7 Å². The van der Waals surface area contributed by atoms with E-state index in [1.54, 1.807) is 12.4 Å². The van der Waals surface area contributed by atoms with E-state index in [4.69, 9.17) is 0 Å². The standard InChI is InChI=1S/C19H27N3O2/c23-18-10-16-13-22(19(24)8-14-4-3-5-20-11-14)12-15(16)9-17(18)21-6-1-2-7-21/h3-5,11,15-18,23H,1-2,6-10,12-13H2/t15-,16+,17-,18-/m1/s1. The van der Waals surface area contributed by atoms with Gasteiger partial charge in [0.25, 0.3) is 0 Å². The van der Waals surface area contributed by atoms with Gasteiger partial charge < -0.3 is 10.0 Å². The number of aliphatic hydroxyl groups excluding tert-OH is 1. The van der Waals surface area contributed by atoms with Crippen LogP contribution in [0.1, 0.15) is 31.2 Å². The molecule has 3 fully saturated rings. The lowest BCUT2D eigenvalue weighted by atomic mass is 9.77. The number of amides is 1. The van der Waals surface area contributed by atoms with Crippen LogP contribution in [0.5, 0.6) is 0 Å². The predicted molar refractivity (Wildman–Crippen MR) is 91.3 cm³/mol. The Balaban J connectivity index is 1.37. The highest BCUT2D eigenvalue weighted by Crippen LogP contribution is 2.39. The molecule has 4 atom stereocenters.